The molecule has 0 aliphatic heterocycles. The highest BCUT2D eigenvalue weighted by Gasteiger charge is 2.30. The van der Waals surface area contributed by atoms with Crippen LogP contribution in [0.1, 0.15) is 21.7 Å². The molecule has 4 nitrogen and oxygen atoms in total. The third-order valence-electron chi connectivity index (χ3n) is 2.54. The van der Waals surface area contributed by atoms with Gasteiger partial charge in [-0.1, -0.05) is 12.1 Å². The van der Waals surface area contributed by atoms with E-state index in [2.05, 4.69) is 5.32 Å². The van der Waals surface area contributed by atoms with Crippen molar-refractivity contribution in [2.24, 2.45) is 0 Å². The predicted octanol–water partition coefficient (Wildman–Crippen LogP) is 3.61. The van der Waals surface area contributed by atoms with E-state index in [9.17, 15) is 18.0 Å². The number of furan rings is 1. The Hall–Kier alpha value is -2.44. The van der Waals surface area contributed by atoms with Gasteiger partial charge in [0.15, 0.2) is 5.88 Å². The van der Waals surface area contributed by atoms with Crippen molar-refractivity contribution in [2.45, 2.75) is 12.7 Å². The van der Waals surface area contributed by atoms with Crippen molar-refractivity contribution >= 4 is 11.9 Å². The molecule has 0 atom stereocenters. The Balaban J connectivity index is 2.05. The largest absolute Gasteiger partial charge is 0.475 e. The molecule has 1 heterocycles. The van der Waals surface area contributed by atoms with Gasteiger partial charge in [0.25, 0.3) is 0 Å². The first-order valence-corrected chi connectivity index (χ1v) is 5.59. The number of benzene rings is 1. The maximum absolute atomic E-state index is 12.5. The van der Waals surface area contributed by atoms with Gasteiger partial charge in [-0.05, 0) is 23.8 Å². The minimum Gasteiger partial charge on any atom is -0.475 e. The number of rotatable bonds is 4. The van der Waals surface area contributed by atoms with Crippen LogP contribution in [0.4, 0.5) is 19.1 Å². The second-order valence-electron chi connectivity index (χ2n) is 4.02. The topological polar surface area (TPSA) is 62.5 Å². The zero-order valence-corrected chi connectivity index (χ0v) is 10.1. The number of halogens is 3. The molecule has 0 saturated heterocycles. The summed E-state index contributed by atoms with van der Waals surface area (Å²) in [6, 6.07) is 7.51. The first kappa shape index (κ1) is 14.0. The van der Waals surface area contributed by atoms with Gasteiger partial charge in [0, 0.05) is 12.6 Å². The molecule has 0 radical (unpaired) electrons. The van der Waals surface area contributed by atoms with Crippen LogP contribution in [0, 0.1) is 0 Å². The lowest BCUT2D eigenvalue weighted by atomic mass is 10.1. The minimum atomic E-state index is -4.39. The van der Waals surface area contributed by atoms with Crippen molar-refractivity contribution in [3.8, 4) is 0 Å². The molecule has 2 N–H and O–H groups in total. The number of hydrogen-bond acceptors (Lipinski definition) is 3. The highest BCUT2D eigenvalue weighted by Crippen LogP contribution is 2.29. The zero-order valence-electron chi connectivity index (χ0n) is 10.1. The summed E-state index contributed by atoms with van der Waals surface area (Å²) in [5.74, 6) is -1.27. The first-order valence-electron chi connectivity index (χ1n) is 5.59. The zero-order chi connectivity index (χ0) is 14.8. The van der Waals surface area contributed by atoms with Crippen molar-refractivity contribution in [1.29, 1.82) is 0 Å². The molecule has 1 aromatic heterocycles. The fourth-order valence-corrected chi connectivity index (χ4v) is 1.59. The molecule has 0 spiro atoms. The molecule has 0 unspecified atom stereocenters. The summed E-state index contributed by atoms with van der Waals surface area (Å²) in [5, 5.41) is 11.4. The average Bonchev–Trinajstić information content (AvgIpc) is 2.85. The van der Waals surface area contributed by atoms with Gasteiger partial charge in [0.05, 0.1) is 5.56 Å². The smallest absolute Gasteiger partial charge is 0.416 e. The summed E-state index contributed by atoms with van der Waals surface area (Å²) in [6.45, 7) is 0.0937. The van der Waals surface area contributed by atoms with Gasteiger partial charge < -0.3 is 14.8 Å². The summed E-state index contributed by atoms with van der Waals surface area (Å²) < 4.78 is 42.5. The van der Waals surface area contributed by atoms with Crippen LogP contribution in [0.5, 0.6) is 0 Å². The summed E-state index contributed by atoms with van der Waals surface area (Å²) in [4.78, 5) is 10.6. The highest BCUT2D eigenvalue weighted by molar-refractivity contribution is 5.84. The fourth-order valence-electron chi connectivity index (χ4n) is 1.59. The lowest BCUT2D eigenvalue weighted by Gasteiger charge is -2.09. The van der Waals surface area contributed by atoms with E-state index in [1.807, 2.05) is 0 Å². The van der Waals surface area contributed by atoms with Crippen molar-refractivity contribution in [2.75, 3.05) is 5.32 Å². The number of carboxylic acid groups (broad SMARTS) is 1. The number of hydrogen-bond donors (Lipinski definition) is 2. The van der Waals surface area contributed by atoms with E-state index < -0.39 is 17.7 Å². The average molecular weight is 285 g/mol. The molecule has 0 saturated carbocycles. The minimum absolute atomic E-state index is 0.0937. The molecule has 0 fully saturated rings. The Labute approximate surface area is 111 Å². The van der Waals surface area contributed by atoms with Crippen LogP contribution >= 0.6 is 0 Å². The molecular formula is C13H10F3NO3. The highest BCUT2D eigenvalue weighted by atomic mass is 19.4. The second kappa shape index (κ2) is 5.28. The summed E-state index contributed by atoms with van der Waals surface area (Å²) >= 11 is 0. The number of aromatic carboxylic acids is 1. The summed E-state index contributed by atoms with van der Waals surface area (Å²) in [7, 11) is 0. The normalized spacial score (nSPS) is 11.3. The third-order valence-corrected chi connectivity index (χ3v) is 2.54. The number of carbonyl (C=O) groups is 1. The Morgan fingerprint density at radius 3 is 2.60 bits per heavy atom. The monoisotopic (exact) mass is 285 g/mol. The molecule has 0 amide bonds. The Bertz CT molecular complexity index is 619. The Kier molecular flexibility index (Phi) is 3.69. The van der Waals surface area contributed by atoms with Crippen LogP contribution < -0.4 is 5.32 Å². The molecule has 2 rings (SSSR count). The quantitative estimate of drug-likeness (QED) is 0.900. The lowest BCUT2D eigenvalue weighted by Crippen LogP contribution is -2.06. The van der Waals surface area contributed by atoms with Crippen LogP contribution in [0.15, 0.2) is 40.8 Å². The number of carboxylic acids is 1. The van der Waals surface area contributed by atoms with E-state index >= 15 is 0 Å². The summed E-state index contributed by atoms with van der Waals surface area (Å²) in [5.41, 5.74) is -0.324. The van der Waals surface area contributed by atoms with Gasteiger partial charge in [0.2, 0.25) is 5.76 Å². The molecule has 0 bridgehead atoms. The van der Waals surface area contributed by atoms with Crippen LogP contribution in [-0.4, -0.2) is 11.1 Å². The predicted molar refractivity (Wildman–Crippen MR) is 64.4 cm³/mol. The molecule has 1 aromatic carbocycles. The van der Waals surface area contributed by atoms with Gasteiger partial charge in [-0.15, -0.1) is 0 Å². The molecule has 0 aliphatic rings. The van der Waals surface area contributed by atoms with Crippen LogP contribution in [0.2, 0.25) is 0 Å². The van der Waals surface area contributed by atoms with Gasteiger partial charge in [-0.2, -0.15) is 13.2 Å². The molecule has 7 heteroatoms. The van der Waals surface area contributed by atoms with Crippen molar-refractivity contribution in [3.05, 3.63) is 53.3 Å². The van der Waals surface area contributed by atoms with Crippen molar-refractivity contribution in [3.63, 3.8) is 0 Å². The van der Waals surface area contributed by atoms with Crippen molar-refractivity contribution in [1.82, 2.24) is 0 Å². The van der Waals surface area contributed by atoms with Gasteiger partial charge >= 0.3 is 12.1 Å². The van der Waals surface area contributed by atoms with Gasteiger partial charge in [-0.3, -0.25) is 0 Å². The molecule has 2 aromatic rings. The van der Waals surface area contributed by atoms with Gasteiger partial charge in [0.1, 0.15) is 0 Å². The first-order chi connectivity index (χ1) is 9.36. The second-order valence-corrected chi connectivity index (χ2v) is 4.02. The number of nitrogens with one attached hydrogen (secondary N) is 1. The van der Waals surface area contributed by atoms with E-state index in [0.717, 1.165) is 12.1 Å². The third kappa shape index (κ3) is 3.31. The van der Waals surface area contributed by atoms with E-state index in [0.29, 0.717) is 5.56 Å². The van der Waals surface area contributed by atoms with E-state index in [1.165, 1.54) is 24.3 Å². The van der Waals surface area contributed by atoms with E-state index in [4.69, 9.17) is 9.52 Å². The standard InChI is InChI=1S/C13H10F3NO3/c14-13(15,16)9-3-1-2-8(6-9)7-17-11-5-4-10(20-11)12(18)19/h1-6,17H,7H2,(H,18,19). The van der Waals surface area contributed by atoms with Crippen LogP contribution in [0.25, 0.3) is 0 Å². The lowest BCUT2D eigenvalue weighted by molar-refractivity contribution is -0.137. The maximum Gasteiger partial charge on any atom is 0.416 e. The molecule has 0 aliphatic carbocycles. The molecule has 20 heavy (non-hydrogen) atoms. The fraction of sp³-hybridized carbons (Fsp3) is 0.154. The van der Waals surface area contributed by atoms with E-state index in [1.54, 1.807) is 0 Å². The van der Waals surface area contributed by atoms with Gasteiger partial charge in [-0.25, -0.2) is 4.79 Å². The Morgan fingerprint density at radius 2 is 2.00 bits per heavy atom. The van der Waals surface area contributed by atoms with Crippen LogP contribution in [0.3, 0.4) is 0 Å². The number of alkyl halides is 3. The SMILES string of the molecule is O=C(O)c1ccc(NCc2cccc(C(F)(F)F)c2)o1. The van der Waals surface area contributed by atoms with E-state index in [-0.39, 0.29) is 18.2 Å². The maximum atomic E-state index is 12.5. The van der Waals surface area contributed by atoms with Crippen LogP contribution in [-0.2, 0) is 12.7 Å². The molecule has 106 valence electrons. The molecular weight excluding hydrogens is 275 g/mol. The Morgan fingerprint density at radius 1 is 1.25 bits per heavy atom. The number of anilines is 1. The summed E-state index contributed by atoms with van der Waals surface area (Å²) in [6.07, 6.45) is -4.39. The van der Waals surface area contributed by atoms with Crippen molar-refractivity contribution < 1.29 is 27.5 Å².